The summed E-state index contributed by atoms with van der Waals surface area (Å²) in [6.45, 7) is 1.46. The van der Waals surface area contributed by atoms with Crippen molar-refractivity contribution >= 4 is 21.2 Å². The van der Waals surface area contributed by atoms with Crippen molar-refractivity contribution < 1.29 is 17.4 Å². The molecule has 0 radical (unpaired) electrons. The molecule has 5 nitrogen and oxygen atoms in total. The van der Waals surface area contributed by atoms with Crippen LogP contribution in [0.2, 0.25) is 0 Å². The zero-order valence-electron chi connectivity index (χ0n) is 9.33. The van der Waals surface area contributed by atoms with Gasteiger partial charge in [0.25, 0.3) is 10.1 Å². The molecule has 0 saturated carbocycles. The van der Waals surface area contributed by atoms with Gasteiger partial charge in [0, 0.05) is 6.42 Å². The van der Waals surface area contributed by atoms with E-state index in [-0.39, 0.29) is 6.42 Å². The Kier molecular flexibility index (Phi) is 3.17. The summed E-state index contributed by atoms with van der Waals surface area (Å²) in [5.41, 5.74) is 1.43. The Morgan fingerprint density at radius 1 is 1.41 bits per heavy atom. The van der Waals surface area contributed by atoms with Gasteiger partial charge in [-0.3, -0.25) is 4.55 Å². The van der Waals surface area contributed by atoms with Crippen LogP contribution in [0.3, 0.4) is 0 Å². The summed E-state index contributed by atoms with van der Waals surface area (Å²) in [5, 5.41) is -0.808. The minimum Gasteiger partial charge on any atom is -0.441 e. The fraction of sp³-hybridized carbons (Fsp3) is 0.364. The summed E-state index contributed by atoms with van der Waals surface area (Å²) in [5.74, 6) is 0.488. The average Bonchev–Trinajstić information content (AvgIpc) is 2.66. The van der Waals surface area contributed by atoms with Gasteiger partial charge in [-0.2, -0.15) is 8.42 Å². The molecule has 1 N–H and O–H groups in total. The monoisotopic (exact) mass is 255 g/mol. The highest BCUT2D eigenvalue weighted by Crippen LogP contribution is 2.17. The molecule has 2 rings (SSSR count). The highest BCUT2D eigenvalue weighted by Gasteiger charge is 2.18. The second kappa shape index (κ2) is 4.46. The standard InChI is InChI=1S/C11H13NO4S/c1-8(17(13,14)15)6-7-11-12-9-4-2-3-5-10(9)16-11/h2-5,8H,6-7H2,1H3,(H,13,14,15). The quantitative estimate of drug-likeness (QED) is 0.845. The molecule has 1 aromatic carbocycles. The van der Waals surface area contributed by atoms with Crippen LogP contribution < -0.4 is 0 Å². The molecule has 2 aromatic rings. The maximum atomic E-state index is 10.8. The van der Waals surface area contributed by atoms with E-state index in [0.29, 0.717) is 17.9 Å². The van der Waals surface area contributed by atoms with E-state index in [2.05, 4.69) is 4.98 Å². The molecule has 1 heterocycles. The lowest BCUT2D eigenvalue weighted by atomic mass is 10.2. The van der Waals surface area contributed by atoms with Gasteiger partial charge in [-0.15, -0.1) is 0 Å². The Morgan fingerprint density at radius 3 is 2.76 bits per heavy atom. The normalized spacial score (nSPS) is 14.0. The number of para-hydroxylation sites is 2. The van der Waals surface area contributed by atoms with Crippen molar-refractivity contribution in [1.29, 1.82) is 0 Å². The highest BCUT2D eigenvalue weighted by atomic mass is 32.2. The second-order valence-electron chi connectivity index (χ2n) is 3.94. The first kappa shape index (κ1) is 12.1. The lowest BCUT2D eigenvalue weighted by Gasteiger charge is -2.04. The number of benzene rings is 1. The summed E-state index contributed by atoms with van der Waals surface area (Å²) in [6, 6.07) is 7.33. The summed E-state index contributed by atoms with van der Waals surface area (Å²) >= 11 is 0. The number of oxazole rings is 1. The van der Waals surface area contributed by atoms with E-state index in [1.807, 2.05) is 18.2 Å². The molecular weight excluding hydrogens is 242 g/mol. The minimum atomic E-state index is -3.97. The Labute approximate surface area is 99.2 Å². The zero-order chi connectivity index (χ0) is 12.5. The Bertz CT molecular complexity index is 584. The van der Waals surface area contributed by atoms with Crippen molar-refractivity contribution in [2.24, 2.45) is 0 Å². The number of fused-ring (bicyclic) bond motifs is 1. The molecule has 0 aliphatic carbocycles. The number of rotatable bonds is 4. The number of nitrogens with zero attached hydrogens (tertiary/aromatic N) is 1. The van der Waals surface area contributed by atoms with Crippen LogP contribution in [0.15, 0.2) is 28.7 Å². The van der Waals surface area contributed by atoms with Gasteiger partial charge >= 0.3 is 0 Å². The van der Waals surface area contributed by atoms with Crippen LogP contribution in [0.4, 0.5) is 0 Å². The Morgan fingerprint density at radius 2 is 2.12 bits per heavy atom. The molecule has 0 saturated heterocycles. The smallest absolute Gasteiger partial charge is 0.267 e. The topological polar surface area (TPSA) is 80.4 Å². The molecule has 1 aromatic heterocycles. The van der Waals surface area contributed by atoms with Crippen LogP contribution in [0.1, 0.15) is 19.2 Å². The molecule has 0 spiro atoms. The molecule has 0 aliphatic heterocycles. The van der Waals surface area contributed by atoms with E-state index < -0.39 is 15.4 Å². The predicted octanol–water partition coefficient (Wildman–Crippen LogP) is 2.04. The molecule has 92 valence electrons. The molecule has 0 amide bonds. The maximum absolute atomic E-state index is 10.8. The van der Waals surface area contributed by atoms with Crippen molar-refractivity contribution in [2.75, 3.05) is 0 Å². The molecule has 1 atom stereocenters. The molecule has 6 heteroatoms. The maximum Gasteiger partial charge on any atom is 0.267 e. The van der Waals surface area contributed by atoms with Crippen molar-refractivity contribution in [2.45, 2.75) is 25.0 Å². The average molecular weight is 255 g/mol. The lowest BCUT2D eigenvalue weighted by molar-refractivity contribution is 0.459. The summed E-state index contributed by atoms with van der Waals surface area (Å²) in [7, 11) is -3.97. The third-order valence-corrected chi connectivity index (χ3v) is 3.86. The van der Waals surface area contributed by atoms with Crippen molar-refractivity contribution in [3.8, 4) is 0 Å². The van der Waals surface area contributed by atoms with Gasteiger partial charge in [-0.05, 0) is 25.5 Å². The van der Waals surface area contributed by atoms with E-state index >= 15 is 0 Å². The molecule has 1 unspecified atom stereocenters. The lowest BCUT2D eigenvalue weighted by Crippen LogP contribution is -2.17. The van der Waals surface area contributed by atoms with E-state index in [1.165, 1.54) is 6.92 Å². The van der Waals surface area contributed by atoms with E-state index in [9.17, 15) is 8.42 Å². The van der Waals surface area contributed by atoms with Gasteiger partial charge in [0.1, 0.15) is 5.52 Å². The van der Waals surface area contributed by atoms with Crippen LogP contribution in [-0.4, -0.2) is 23.2 Å². The molecular formula is C11H13NO4S. The Hall–Kier alpha value is -1.40. The van der Waals surface area contributed by atoms with Crippen LogP contribution in [0.5, 0.6) is 0 Å². The van der Waals surface area contributed by atoms with Crippen molar-refractivity contribution in [1.82, 2.24) is 4.98 Å². The Balaban J connectivity index is 2.09. The van der Waals surface area contributed by atoms with Crippen molar-refractivity contribution in [3.63, 3.8) is 0 Å². The van der Waals surface area contributed by atoms with Gasteiger partial charge in [-0.25, -0.2) is 4.98 Å². The fourth-order valence-corrected chi connectivity index (χ4v) is 1.92. The number of hydrogen-bond donors (Lipinski definition) is 1. The largest absolute Gasteiger partial charge is 0.441 e. The number of aromatic nitrogens is 1. The van der Waals surface area contributed by atoms with Crippen LogP contribution in [0, 0.1) is 0 Å². The first-order chi connectivity index (χ1) is 7.97. The third kappa shape index (κ3) is 2.83. The molecule has 0 aliphatic rings. The summed E-state index contributed by atoms with van der Waals surface area (Å²) in [6.07, 6.45) is 0.668. The molecule has 0 bridgehead atoms. The number of aryl methyl sites for hydroxylation is 1. The minimum absolute atomic E-state index is 0.283. The van der Waals surface area contributed by atoms with Gasteiger partial charge in [0.15, 0.2) is 11.5 Å². The van der Waals surface area contributed by atoms with E-state index in [0.717, 1.165) is 5.52 Å². The molecule has 0 fully saturated rings. The highest BCUT2D eigenvalue weighted by molar-refractivity contribution is 7.86. The summed E-state index contributed by atoms with van der Waals surface area (Å²) in [4.78, 5) is 4.22. The third-order valence-electron chi connectivity index (χ3n) is 2.61. The van der Waals surface area contributed by atoms with Crippen molar-refractivity contribution in [3.05, 3.63) is 30.2 Å². The second-order valence-corrected chi connectivity index (χ2v) is 5.77. The van der Waals surface area contributed by atoms with Gasteiger partial charge < -0.3 is 4.42 Å². The van der Waals surface area contributed by atoms with E-state index in [1.54, 1.807) is 6.07 Å². The van der Waals surface area contributed by atoms with Crippen LogP contribution in [0.25, 0.3) is 11.1 Å². The van der Waals surface area contributed by atoms with Crippen LogP contribution >= 0.6 is 0 Å². The van der Waals surface area contributed by atoms with Gasteiger partial charge in [0.05, 0.1) is 5.25 Å². The zero-order valence-corrected chi connectivity index (χ0v) is 10.1. The predicted molar refractivity (Wildman–Crippen MR) is 63.3 cm³/mol. The molecule has 17 heavy (non-hydrogen) atoms. The van der Waals surface area contributed by atoms with E-state index in [4.69, 9.17) is 8.97 Å². The van der Waals surface area contributed by atoms with Gasteiger partial charge in [-0.1, -0.05) is 12.1 Å². The first-order valence-electron chi connectivity index (χ1n) is 5.27. The summed E-state index contributed by atoms with van der Waals surface area (Å²) < 4.78 is 35.9. The van der Waals surface area contributed by atoms with Crippen LogP contribution in [-0.2, 0) is 16.5 Å². The first-order valence-corrected chi connectivity index (χ1v) is 6.78. The fourth-order valence-electron chi connectivity index (χ4n) is 1.50. The number of hydrogen-bond acceptors (Lipinski definition) is 4. The SMILES string of the molecule is CC(CCc1nc2ccccc2o1)S(=O)(=O)O. The van der Waals surface area contributed by atoms with Gasteiger partial charge in [0.2, 0.25) is 0 Å².